The zero-order chi connectivity index (χ0) is 13.0. The molecule has 1 aromatic heterocycles. The van der Waals surface area contributed by atoms with Gasteiger partial charge >= 0.3 is 0 Å². The molecule has 1 atom stereocenters. The molecule has 3 nitrogen and oxygen atoms in total. The highest BCUT2D eigenvalue weighted by Crippen LogP contribution is 2.28. The van der Waals surface area contributed by atoms with Crippen molar-refractivity contribution in [2.45, 2.75) is 13.0 Å². The van der Waals surface area contributed by atoms with E-state index in [9.17, 15) is 4.39 Å². The zero-order valence-corrected chi connectivity index (χ0v) is 10.3. The van der Waals surface area contributed by atoms with E-state index in [2.05, 4.69) is 0 Å². The quantitative estimate of drug-likeness (QED) is 0.884. The maximum atomic E-state index is 13.9. The molecule has 96 valence electrons. The molecule has 2 rings (SSSR count). The van der Waals surface area contributed by atoms with Gasteiger partial charge in [0.05, 0.1) is 18.0 Å². The Morgan fingerprint density at radius 1 is 1.28 bits per heavy atom. The lowest BCUT2D eigenvalue weighted by Crippen LogP contribution is -2.34. The summed E-state index contributed by atoms with van der Waals surface area (Å²) in [4.78, 5) is 1.91. The van der Waals surface area contributed by atoms with Gasteiger partial charge in [-0.15, -0.1) is 0 Å². The molecule has 2 aromatic rings. The van der Waals surface area contributed by atoms with Gasteiger partial charge in [0.1, 0.15) is 11.6 Å². The van der Waals surface area contributed by atoms with Crippen molar-refractivity contribution in [1.82, 2.24) is 0 Å². The van der Waals surface area contributed by atoms with Crippen LogP contribution in [0, 0.1) is 5.82 Å². The number of furan rings is 1. The largest absolute Gasteiger partial charge is 0.467 e. The first-order valence-corrected chi connectivity index (χ1v) is 6.02. The second-order valence-electron chi connectivity index (χ2n) is 4.00. The molecule has 4 heteroatoms. The lowest BCUT2D eigenvalue weighted by Gasteiger charge is -2.30. The fraction of sp³-hybridized carbons (Fsp3) is 0.286. The van der Waals surface area contributed by atoms with E-state index in [4.69, 9.17) is 10.2 Å². The number of para-hydroxylation sites is 1. The molecule has 0 radical (unpaired) electrons. The first-order chi connectivity index (χ1) is 8.77. The fourth-order valence-corrected chi connectivity index (χ4v) is 2.12. The van der Waals surface area contributed by atoms with Crippen molar-refractivity contribution in [1.29, 1.82) is 0 Å². The first kappa shape index (κ1) is 12.6. The van der Waals surface area contributed by atoms with Gasteiger partial charge in [0.15, 0.2) is 0 Å². The molecular weight excluding hydrogens is 231 g/mol. The van der Waals surface area contributed by atoms with Crippen molar-refractivity contribution in [3.8, 4) is 0 Å². The molecule has 0 saturated heterocycles. The molecule has 0 bridgehead atoms. The number of likely N-dealkylation sites (N-methyl/N-ethyl adjacent to an activating group) is 1. The lowest BCUT2D eigenvalue weighted by atomic mass is 10.1. The molecule has 2 N–H and O–H groups in total. The van der Waals surface area contributed by atoms with E-state index in [1.807, 2.05) is 30.0 Å². The number of halogens is 1. The summed E-state index contributed by atoms with van der Waals surface area (Å²) in [7, 11) is 0. The number of rotatable bonds is 5. The van der Waals surface area contributed by atoms with Crippen molar-refractivity contribution in [3.05, 3.63) is 54.2 Å². The van der Waals surface area contributed by atoms with Gasteiger partial charge in [-0.25, -0.2) is 4.39 Å². The van der Waals surface area contributed by atoms with E-state index in [1.54, 1.807) is 18.4 Å². The van der Waals surface area contributed by atoms with Crippen LogP contribution in [0.3, 0.4) is 0 Å². The van der Waals surface area contributed by atoms with Crippen LogP contribution in [0.15, 0.2) is 47.1 Å². The summed E-state index contributed by atoms with van der Waals surface area (Å²) in [6, 6.07) is 10.2. The minimum atomic E-state index is -0.246. The monoisotopic (exact) mass is 248 g/mol. The van der Waals surface area contributed by atoms with Crippen LogP contribution in [0.4, 0.5) is 10.1 Å². The smallest absolute Gasteiger partial charge is 0.146 e. The van der Waals surface area contributed by atoms with Gasteiger partial charge < -0.3 is 15.1 Å². The van der Waals surface area contributed by atoms with Crippen LogP contribution in [0.25, 0.3) is 0 Å². The number of nitrogens with zero attached hydrogens (tertiary/aromatic N) is 1. The third-order valence-electron chi connectivity index (χ3n) is 2.97. The van der Waals surface area contributed by atoms with Crippen molar-refractivity contribution in [3.63, 3.8) is 0 Å². The molecule has 0 spiro atoms. The first-order valence-electron chi connectivity index (χ1n) is 6.02. The highest BCUT2D eigenvalue weighted by atomic mass is 19.1. The van der Waals surface area contributed by atoms with Gasteiger partial charge in [-0.05, 0) is 31.2 Å². The van der Waals surface area contributed by atoms with Gasteiger partial charge in [-0.3, -0.25) is 0 Å². The highest BCUT2D eigenvalue weighted by Gasteiger charge is 2.22. The zero-order valence-electron chi connectivity index (χ0n) is 10.3. The molecule has 0 amide bonds. The molecule has 1 aromatic carbocycles. The third kappa shape index (κ3) is 2.38. The number of benzene rings is 1. The van der Waals surface area contributed by atoms with E-state index < -0.39 is 0 Å². The van der Waals surface area contributed by atoms with Crippen molar-refractivity contribution in [2.75, 3.05) is 18.0 Å². The molecular formula is C14H17FN2O. The average molecular weight is 248 g/mol. The van der Waals surface area contributed by atoms with Gasteiger partial charge in [-0.2, -0.15) is 0 Å². The van der Waals surface area contributed by atoms with Crippen LogP contribution in [0.5, 0.6) is 0 Å². The van der Waals surface area contributed by atoms with E-state index in [-0.39, 0.29) is 11.9 Å². The predicted octanol–water partition coefficient (Wildman–Crippen LogP) is 2.95. The second-order valence-corrected chi connectivity index (χ2v) is 4.00. The van der Waals surface area contributed by atoms with Gasteiger partial charge in [0, 0.05) is 13.1 Å². The fourth-order valence-electron chi connectivity index (χ4n) is 2.12. The Kier molecular flexibility index (Phi) is 3.99. The normalized spacial score (nSPS) is 12.4. The molecule has 18 heavy (non-hydrogen) atoms. The SMILES string of the molecule is CCN(c1ccccc1F)C(CN)c1ccco1. The topological polar surface area (TPSA) is 42.4 Å². The Morgan fingerprint density at radius 3 is 2.61 bits per heavy atom. The van der Waals surface area contributed by atoms with Crippen molar-refractivity contribution in [2.24, 2.45) is 5.73 Å². The summed E-state index contributed by atoms with van der Waals surface area (Å²) in [5, 5.41) is 0. The number of anilines is 1. The van der Waals surface area contributed by atoms with E-state index in [1.165, 1.54) is 6.07 Å². The molecule has 1 heterocycles. The Hall–Kier alpha value is -1.81. The summed E-state index contributed by atoms with van der Waals surface area (Å²) < 4.78 is 19.2. The van der Waals surface area contributed by atoms with E-state index in [0.29, 0.717) is 18.8 Å². The maximum absolute atomic E-state index is 13.9. The molecule has 0 saturated carbocycles. The summed E-state index contributed by atoms with van der Waals surface area (Å²) in [5.74, 6) is 0.506. The standard InChI is InChI=1S/C14H17FN2O/c1-2-17(12-7-4-3-6-11(12)15)13(10-16)14-8-5-9-18-14/h3-9,13H,2,10,16H2,1H3. The average Bonchev–Trinajstić information content (AvgIpc) is 2.90. The molecule has 0 aliphatic carbocycles. The van der Waals surface area contributed by atoms with Crippen LogP contribution in [-0.2, 0) is 0 Å². The second kappa shape index (κ2) is 5.69. The summed E-state index contributed by atoms with van der Waals surface area (Å²) in [5.41, 5.74) is 6.35. The highest BCUT2D eigenvalue weighted by molar-refractivity contribution is 5.49. The predicted molar refractivity (Wildman–Crippen MR) is 69.9 cm³/mol. The summed E-state index contributed by atoms with van der Waals surface area (Å²) in [6.07, 6.45) is 1.60. The lowest BCUT2D eigenvalue weighted by molar-refractivity contribution is 0.450. The Labute approximate surface area is 106 Å². The van der Waals surface area contributed by atoms with Crippen LogP contribution in [0.2, 0.25) is 0 Å². The Bertz CT molecular complexity index is 484. The molecule has 0 fully saturated rings. The third-order valence-corrected chi connectivity index (χ3v) is 2.97. The van der Waals surface area contributed by atoms with Crippen molar-refractivity contribution < 1.29 is 8.81 Å². The van der Waals surface area contributed by atoms with Gasteiger partial charge in [0.2, 0.25) is 0 Å². The van der Waals surface area contributed by atoms with Crippen LogP contribution in [0.1, 0.15) is 18.7 Å². The maximum Gasteiger partial charge on any atom is 0.146 e. The minimum Gasteiger partial charge on any atom is -0.467 e. The Balaban J connectivity index is 2.35. The summed E-state index contributed by atoms with van der Waals surface area (Å²) >= 11 is 0. The number of hydrogen-bond donors (Lipinski definition) is 1. The molecule has 0 aliphatic heterocycles. The molecule has 1 unspecified atom stereocenters. The van der Waals surface area contributed by atoms with Gasteiger partial charge in [-0.1, -0.05) is 12.1 Å². The van der Waals surface area contributed by atoms with Gasteiger partial charge in [0.25, 0.3) is 0 Å². The molecule has 0 aliphatic rings. The minimum absolute atomic E-state index is 0.151. The van der Waals surface area contributed by atoms with E-state index >= 15 is 0 Å². The van der Waals surface area contributed by atoms with Crippen LogP contribution in [-0.4, -0.2) is 13.1 Å². The Morgan fingerprint density at radius 2 is 2.06 bits per heavy atom. The number of hydrogen-bond acceptors (Lipinski definition) is 3. The summed E-state index contributed by atoms with van der Waals surface area (Å²) in [6.45, 7) is 3.00. The van der Waals surface area contributed by atoms with Crippen molar-refractivity contribution >= 4 is 5.69 Å². The van der Waals surface area contributed by atoms with Crippen LogP contribution < -0.4 is 10.6 Å². The number of nitrogens with two attached hydrogens (primary N) is 1. The van der Waals surface area contributed by atoms with Crippen LogP contribution >= 0.6 is 0 Å². The van der Waals surface area contributed by atoms with E-state index in [0.717, 1.165) is 5.76 Å².